The summed E-state index contributed by atoms with van der Waals surface area (Å²) in [6.45, 7) is 2.39. The number of hydrogen-bond donors (Lipinski definition) is 2. The lowest BCUT2D eigenvalue weighted by Crippen LogP contribution is -2.09. The second kappa shape index (κ2) is 6.74. The molecule has 1 heterocycles. The van der Waals surface area contributed by atoms with Crippen LogP contribution in [0.3, 0.4) is 0 Å². The number of nitrogens with one attached hydrogen (secondary N) is 2. The van der Waals surface area contributed by atoms with Crippen LogP contribution in [-0.2, 0) is 6.54 Å². The number of anilines is 2. The van der Waals surface area contributed by atoms with E-state index in [4.69, 9.17) is 0 Å². The lowest BCUT2D eigenvalue weighted by atomic mass is 10.2. The molecule has 0 aliphatic carbocycles. The van der Waals surface area contributed by atoms with Gasteiger partial charge in [0, 0.05) is 13.1 Å². The molecule has 1 aromatic carbocycles. The van der Waals surface area contributed by atoms with Crippen molar-refractivity contribution >= 4 is 17.5 Å². The van der Waals surface area contributed by atoms with Crippen molar-refractivity contribution < 1.29 is 13.7 Å². The van der Waals surface area contributed by atoms with Gasteiger partial charge in [0.1, 0.15) is 6.20 Å². The Balaban J connectivity index is 2.14. The first kappa shape index (κ1) is 15.5. The third kappa shape index (κ3) is 3.62. The lowest BCUT2D eigenvalue weighted by molar-refractivity contribution is -0.384. The summed E-state index contributed by atoms with van der Waals surface area (Å²) in [7, 11) is 0. The summed E-state index contributed by atoms with van der Waals surface area (Å²) < 4.78 is 25.9. The zero-order valence-corrected chi connectivity index (χ0v) is 11.6. The Labute approximate surface area is 124 Å². The molecule has 9 heteroatoms. The summed E-state index contributed by atoms with van der Waals surface area (Å²) in [5, 5.41) is 16.4. The smallest absolute Gasteiger partial charge is 0.329 e. The van der Waals surface area contributed by atoms with Crippen molar-refractivity contribution in [3.63, 3.8) is 0 Å². The Hall–Kier alpha value is -2.84. The minimum Gasteiger partial charge on any atom is -0.364 e. The monoisotopic (exact) mass is 309 g/mol. The molecule has 0 fully saturated rings. The Bertz CT molecular complexity index is 696. The van der Waals surface area contributed by atoms with Crippen molar-refractivity contribution in [1.82, 2.24) is 9.97 Å². The normalized spacial score (nSPS) is 10.3. The summed E-state index contributed by atoms with van der Waals surface area (Å²) in [6.07, 6.45) is 1.08. The van der Waals surface area contributed by atoms with Crippen LogP contribution in [-0.4, -0.2) is 21.4 Å². The molecule has 1 aromatic heterocycles. The van der Waals surface area contributed by atoms with Gasteiger partial charge in [-0.3, -0.25) is 10.1 Å². The molecule has 7 nitrogen and oxygen atoms in total. The minimum atomic E-state index is -0.947. The molecule has 2 N–H and O–H groups in total. The maximum absolute atomic E-state index is 13.1. The van der Waals surface area contributed by atoms with Crippen LogP contribution in [0.5, 0.6) is 0 Å². The van der Waals surface area contributed by atoms with E-state index >= 15 is 0 Å². The average Bonchev–Trinajstić information content (AvgIpc) is 2.49. The van der Waals surface area contributed by atoms with E-state index in [0.29, 0.717) is 12.1 Å². The Morgan fingerprint density at radius 2 is 2.05 bits per heavy atom. The van der Waals surface area contributed by atoms with Crippen molar-refractivity contribution in [2.75, 3.05) is 17.2 Å². The van der Waals surface area contributed by atoms with Crippen LogP contribution >= 0.6 is 0 Å². The van der Waals surface area contributed by atoms with Gasteiger partial charge in [0.15, 0.2) is 11.6 Å². The number of nitrogens with zero attached hydrogens (tertiary/aromatic N) is 3. The summed E-state index contributed by atoms with van der Waals surface area (Å²) in [4.78, 5) is 18.1. The first-order valence-electron chi connectivity index (χ1n) is 6.44. The summed E-state index contributed by atoms with van der Waals surface area (Å²) >= 11 is 0. The van der Waals surface area contributed by atoms with Crippen molar-refractivity contribution in [3.05, 3.63) is 51.7 Å². The molecule has 0 radical (unpaired) electrons. The van der Waals surface area contributed by atoms with Gasteiger partial charge >= 0.3 is 5.69 Å². The molecule has 0 atom stereocenters. The average molecular weight is 309 g/mol. The van der Waals surface area contributed by atoms with Crippen LogP contribution in [0.15, 0.2) is 24.4 Å². The van der Waals surface area contributed by atoms with Crippen LogP contribution in [0, 0.1) is 21.7 Å². The highest BCUT2D eigenvalue weighted by Crippen LogP contribution is 2.22. The fourth-order valence-electron chi connectivity index (χ4n) is 1.72. The number of aromatic nitrogens is 2. The van der Waals surface area contributed by atoms with Crippen LogP contribution in [0.1, 0.15) is 12.5 Å². The van der Waals surface area contributed by atoms with E-state index in [0.717, 1.165) is 18.3 Å². The molecule has 0 aliphatic rings. The SMILES string of the molecule is CCNc1nc(NCc2ccc(F)c(F)c2)ncc1[N+](=O)[O-]. The minimum absolute atomic E-state index is 0.0929. The summed E-state index contributed by atoms with van der Waals surface area (Å²) in [5.41, 5.74) is 0.256. The fraction of sp³-hybridized carbons (Fsp3) is 0.231. The summed E-state index contributed by atoms with van der Waals surface area (Å²) in [5.74, 6) is -1.64. The zero-order chi connectivity index (χ0) is 16.1. The van der Waals surface area contributed by atoms with E-state index in [1.165, 1.54) is 6.07 Å². The lowest BCUT2D eigenvalue weighted by Gasteiger charge is -2.08. The molecular weight excluding hydrogens is 296 g/mol. The molecule has 0 saturated carbocycles. The predicted octanol–water partition coefficient (Wildman–Crippen LogP) is 2.71. The van der Waals surface area contributed by atoms with Gasteiger partial charge in [-0.05, 0) is 24.6 Å². The molecule has 2 aromatic rings. The van der Waals surface area contributed by atoms with Gasteiger partial charge in [-0.15, -0.1) is 0 Å². The second-order valence-corrected chi connectivity index (χ2v) is 4.32. The van der Waals surface area contributed by atoms with E-state index in [2.05, 4.69) is 20.6 Å². The maximum Gasteiger partial charge on any atom is 0.329 e. The first-order chi connectivity index (χ1) is 10.5. The molecule has 0 saturated heterocycles. The molecule has 2 rings (SSSR count). The van der Waals surface area contributed by atoms with E-state index in [1.54, 1.807) is 6.92 Å². The van der Waals surface area contributed by atoms with E-state index in [9.17, 15) is 18.9 Å². The highest BCUT2D eigenvalue weighted by molar-refractivity contribution is 5.56. The number of nitro groups is 1. The van der Waals surface area contributed by atoms with Crippen molar-refractivity contribution in [3.8, 4) is 0 Å². The van der Waals surface area contributed by atoms with Crippen LogP contribution < -0.4 is 10.6 Å². The third-order valence-corrected chi connectivity index (χ3v) is 2.75. The highest BCUT2D eigenvalue weighted by atomic mass is 19.2. The number of halogens is 2. The van der Waals surface area contributed by atoms with Gasteiger partial charge in [0.05, 0.1) is 4.92 Å². The second-order valence-electron chi connectivity index (χ2n) is 4.32. The molecule has 22 heavy (non-hydrogen) atoms. The zero-order valence-electron chi connectivity index (χ0n) is 11.6. The number of rotatable bonds is 6. The molecule has 0 unspecified atom stereocenters. The fourth-order valence-corrected chi connectivity index (χ4v) is 1.72. The van der Waals surface area contributed by atoms with E-state index in [1.807, 2.05) is 0 Å². The summed E-state index contributed by atoms with van der Waals surface area (Å²) in [6, 6.07) is 3.49. The number of benzene rings is 1. The predicted molar refractivity (Wildman–Crippen MR) is 76.5 cm³/mol. The molecule has 0 aliphatic heterocycles. The molecule has 0 amide bonds. The topological polar surface area (TPSA) is 93.0 Å². The molecular formula is C13H13F2N5O2. The van der Waals surface area contributed by atoms with Gasteiger partial charge in [-0.1, -0.05) is 6.07 Å². The van der Waals surface area contributed by atoms with Crippen LogP contribution in [0.4, 0.5) is 26.2 Å². The van der Waals surface area contributed by atoms with Crippen LogP contribution in [0.25, 0.3) is 0 Å². The third-order valence-electron chi connectivity index (χ3n) is 2.75. The van der Waals surface area contributed by atoms with Gasteiger partial charge in [0.2, 0.25) is 11.8 Å². The van der Waals surface area contributed by atoms with Gasteiger partial charge in [-0.2, -0.15) is 4.98 Å². The van der Waals surface area contributed by atoms with Crippen molar-refractivity contribution in [2.24, 2.45) is 0 Å². The van der Waals surface area contributed by atoms with Gasteiger partial charge in [0.25, 0.3) is 0 Å². The highest BCUT2D eigenvalue weighted by Gasteiger charge is 2.16. The van der Waals surface area contributed by atoms with Crippen molar-refractivity contribution in [1.29, 1.82) is 0 Å². The van der Waals surface area contributed by atoms with E-state index in [-0.39, 0.29) is 24.0 Å². The van der Waals surface area contributed by atoms with E-state index < -0.39 is 16.6 Å². The standard InChI is InChI=1S/C13H13F2N5O2/c1-2-16-12-11(20(21)22)7-18-13(19-12)17-6-8-3-4-9(14)10(15)5-8/h3-5,7H,2,6H2,1H3,(H2,16,17,18,19). The molecule has 0 spiro atoms. The van der Waals surface area contributed by atoms with Gasteiger partial charge in [-0.25, -0.2) is 13.8 Å². The molecule has 116 valence electrons. The number of hydrogen-bond acceptors (Lipinski definition) is 6. The Morgan fingerprint density at radius 1 is 1.27 bits per heavy atom. The largest absolute Gasteiger partial charge is 0.364 e. The maximum atomic E-state index is 13.1. The first-order valence-corrected chi connectivity index (χ1v) is 6.44. The quantitative estimate of drug-likeness (QED) is 0.629. The Kier molecular flexibility index (Phi) is 4.77. The van der Waals surface area contributed by atoms with Crippen LogP contribution in [0.2, 0.25) is 0 Å². The van der Waals surface area contributed by atoms with Gasteiger partial charge < -0.3 is 10.6 Å². The molecule has 0 bridgehead atoms. The van der Waals surface area contributed by atoms with Crippen molar-refractivity contribution in [2.45, 2.75) is 13.5 Å². The Morgan fingerprint density at radius 3 is 2.68 bits per heavy atom.